The first-order valence-corrected chi connectivity index (χ1v) is 9.15. The van der Waals surface area contributed by atoms with Crippen LogP contribution in [0.15, 0.2) is 40.2 Å². The average molecular weight is 430 g/mol. The molecule has 0 amide bonds. The molecule has 0 spiro atoms. The van der Waals surface area contributed by atoms with E-state index in [1.54, 1.807) is 11.3 Å². The molecule has 0 saturated carbocycles. The van der Waals surface area contributed by atoms with Crippen LogP contribution in [0, 0.1) is 3.57 Å². The van der Waals surface area contributed by atoms with Crippen LogP contribution in [-0.2, 0) is 11.3 Å². The molecular weight excluding hydrogens is 419 g/mol. The summed E-state index contributed by atoms with van der Waals surface area (Å²) in [4.78, 5) is 15.4. The van der Waals surface area contributed by atoms with Crippen molar-refractivity contribution in [2.75, 3.05) is 5.75 Å². The van der Waals surface area contributed by atoms with E-state index >= 15 is 0 Å². The standard InChI is InChI=1S/C14H11IN2O2S2/c15-10-1-2-12-11(5-10)16-14(21-8-13(18)19)17(12)6-9-3-4-20-7-9/h1-5,7H,6,8H2,(H,18,19). The predicted molar refractivity (Wildman–Crippen MR) is 94.2 cm³/mol. The van der Waals surface area contributed by atoms with Gasteiger partial charge in [0.25, 0.3) is 0 Å². The SMILES string of the molecule is O=C(O)CSc1nc2cc(I)ccc2n1Cc1ccsc1. The summed E-state index contributed by atoms with van der Waals surface area (Å²) in [6.45, 7) is 0.711. The molecule has 0 atom stereocenters. The van der Waals surface area contributed by atoms with Gasteiger partial charge in [-0.2, -0.15) is 11.3 Å². The topological polar surface area (TPSA) is 55.1 Å². The van der Waals surface area contributed by atoms with Gasteiger partial charge < -0.3 is 9.67 Å². The monoisotopic (exact) mass is 430 g/mol. The highest BCUT2D eigenvalue weighted by atomic mass is 127. The van der Waals surface area contributed by atoms with E-state index in [1.165, 1.54) is 17.3 Å². The maximum Gasteiger partial charge on any atom is 0.313 e. The largest absolute Gasteiger partial charge is 0.481 e. The Hall–Kier alpha value is -1.06. The Kier molecular flexibility index (Phi) is 4.51. The molecule has 1 N–H and O–H groups in total. The van der Waals surface area contributed by atoms with Crippen LogP contribution in [0.25, 0.3) is 11.0 Å². The molecule has 7 heteroatoms. The zero-order valence-electron chi connectivity index (χ0n) is 10.8. The number of nitrogens with zero attached hydrogens (tertiary/aromatic N) is 2. The summed E-state index contributed by atoms with van der Waals surface area (Å²) in [7, 11) is 0. The zero-order chi connectivity index (χ0) is 14.8. The van der Waals surface area contributed by atoms with Crippen molar-refractivity contribution in [1.29, 1.82) is 0 Å². The molecule has 0 aliphatic heterocycles. The summed E-state index contributed by atoms with van der Waals surface area (Å²) < 4.78 is 3.20. The molecule has 21 heavy (non-hydrogen) atoms. The van der Waals surface area contributed by atoms with E-state index in [1.807, 2.05) is 23.6 Å². The Balaban J connectivity index is 2.03. The molecule has 0 saturated heterocycles. The summed E-state index contributed by atoms with van der Waals surface area (Å²) in [6.07, 6.45) is 0. The number of hydrogen-bond acceptors (Lipinski definition) is 4. The summed E-state index contributed by atoms with van der Waals surface area (Å²) in [5, 5.41) is 13.8. The smallest absolute Gasteiger partial charge is 0.313 e. The summed E-state index contributed by atoms with van der Waals surface area (Å²) in [5.41, 5.74) is 3.15. The number of aliphatic carboxylic acids is 1. The number of carboxylic acids is 1. The molecular formula is C14H11IN2O2S2. The minimum absolute atomic E-state index is 0.0179. The molecule has 0 aliphatic rings. The molecule has 0 aliphatic carbocycles. The Morgan fingerprint density at radius 2 is 2.29 bits per heavy atom. The van der Waals surface area contributed by atoms with Crippen LogP contribution in [0.1, 0.15) is 5.56 Å². The minimum Gasteiger partial charge on any atom is -0.481 e. The molecule has 4 nitrogen and oxygen atoms in total. The number of thioether (sulfide) groups is 1. The van der Waals surface area contributed by atoms with Gasteiger partial charge in [-0.1, -0.05) is 11.8 Å². The van der Waals surface area contributed by atoms with Gasteiger partial charge in [0.1, 0.15) is 0 Å². The number of carbonyl (C=O) groups is 1. The molecule has 1 aromatic carbocycles. The number of aromatic nitrogens is 2. The average Bonchev–Trinajstić information content (AvgIpc) is 3.05. The van der Waals surface area contributed by atoms with Crippen molar-refractivity contribution < 1.29 is 9.90 Å². The van der Waals surface area contributed by atoms with E-state index < -0.39 is 5.97 Å². The minimum atomic E-state index is -0.830. The lowest BCUT2D eigenvalue weighted by Crippen LogP contribution is -2.04. The lowest BCUT2D eigenvalue weighted by molar-refractivity contribution is -0.133. The number of halogens is 1. The molecule has 2 heterocycles. The van der Waals surface area contributed by atoms with Crippen molar-refractivity contribution in [2.24, 2.45) is 0 Å². The van der Waals surface area contributed by atoms with Gasteiger partial charge in [-0.25, -0.2) is 4.98 Å². The summed E-state index contributed by atoms with van der Waals surface area (Å²) in [5.74, 6) is -0.812. The first-order chi connectivity index (χ1) is 10.1. The Labute approximate surface area is 143 Å². The second-order valence-electron chi connectivity index (χ2n) is 4.43. The van der Waals surface area contributed by atoms with Gasteiger partial charge in [-0.05, 0) is 63.2 Å². The van der Waals surface area contributed by atoms with Gasteiger partial charge in [-0.15, -0.1) is 0 Å². The van der Waals surface area contributed by atoms with Crippen molar-refractivity contribution in [3.63, 3.8) is 0 Å². The van der Waals surface area contributed by atoms with E-state index in [9.17, 15) is 4.79 Å². The van der Waals surface area contributed by atoms with Gasteiger partial charge >= 0.3 is 5.97 Å². The Bertz CT molecular complexity index is 784. The third kappa shape index (κ3) is 3.41. The Morgan fingerprint density at radius 1 is 1.43 bits per heavy atom. The van der Waals surface area contributed by atoms with Crippen molar-refractivity contribution in [1.82, 2.24) is 9.55 Å². The lowest BCUT2D eigenvalue weighted by atomic mass is 10.3. The van der Waals surface area contributed by atoms with Crippen molar-refractivity contribution in [3.8, 4) is 0 Å². The molecule has 3 aromatic rings. The normalized spacial score (nSPS) is 11.1. The van der Waals surface area contributed by atoms with Crippen molar-refractivity contribution in [3.05, 3.63) is 44.2 Å². The highest BCUT2D eigenvalue weighted by Gasteiger charge is 2.13. The van der Waals surface area contributed by atoms with E-state index in [0.717, 1.165) is 19.8 Å². The molecule has 108 valence electrons. The van der Waals surface area contributed by atoms with Crippen LogP contribution < -0.4 is 0 Å². The number of benzene rings is 1. The third-order valence-corrected chi connectivity index (χ3v) is 5.28. The highest BCUT2D eigenvalue weighted by molar-refractivity contribution is 14.1. The summed E-state index contributed by atoms with van der Waals surface area (Å²) in [6, 6.07) is 8.18. The number of imidazole rings is 1. The van der Waals surface area contributed by atoms with Crippen LogP contribution in [-0.4, -0.2) is 26.4 Å². The zero-order valence-corrected chi connectivity index (χ0v) is 14.6. The van der Waals surface area contributed by atoms with E-state index in [0.29, 0.717) is 6.54 Å². The second-order valence-corrected chi connectivity index (χ2v) is 7.40. The first kappa shape index (κ1) is 14.9. The fourth-order valence-corrected chi connectivity index (χ4v) is 3.90. The van der Waals surface area contributed by atoms with E-state index in [4.69, 9.17) is 5.11 Å². The number of carboxylic acid groups (broad SMARTS) is 1. The third-order valence-electron chi connectivity index (χ3n) is 2.92. The molecule has 0 bridgehead atoms. The number of fused-ring (bicyclic) bond motifs is 1. The van der Waals surface area contributed by atoms with Crippen LogP contribution in [0.3, 0.4) is 0 Å². The van der Waals surface area contributed by atoms with Gasteiger partial charge in [0.05, 0.1) is 23.3 Å². The van der Waals surface area contributed by atoms with Gasteiger partial charge in [0.2, 0.25) is 0 Å². The highest BCUT2D eigenvalue weighted by Crippen LogP contribution is 2.26. The van der Waals surface area contributed by atoms with Gasteiger partial charge in [0, 0.05) is 3.57 Å². The number of hydrogen-bond donors (Lipinski definition) is 1. The molecule has 0 fully saturated rings. The molecule has 0 radical (unpaired) electrons. The Morgan fingerprint density at radius 3 is 3.00 bits per heavy atom. The van der Waals surface area contributed by atoms with Crippen LogP contribution in [0.2, 0.25) is 0 Å². The van der Waals surface area contributed by atoms with Crippen LogP contribution in [0.5, 0.6) is 0 Å². The molecule has 2 aromatic heterocycles. The second kappa shape index (κ2) is 6.37. The molecule has 3 rings (SSSR count). The van der Waals surface area contributed by atoms with Crippen molar-refractivity contribution in [2.45, 2.75) is 11.7 Å². The molecule has 0 unspecified atom stereocenters. The fourth-order valence-electron chi connectivity index (χ4n) is 2.04. The lowest BCUT2D eigenvalue weighted by Gasteiger charge is -2.07. The summed E-state index contributed by atoms with van der Waals surface area (Å²) >= 11 is 5.17. The van der Waals surface area contributed by atoms with E-state index in [-0.39, 0.29) is 5.75 Å². The van der Waals surface area contributed by atoms with Crippen molar-refractivity contribution >= 4 is 62.7 Å². The predicted octanol–water partition coefficient (Wildman–Crippen LogP) is 3.93. The van der Waals surface area contributed by atoms with Gasteiger partial charge in [0.15, 0.2) is 5.16 Å². The first-order valence-electron chi connectivity index (χ1n) is 6.15. The number of thiophene rings is 1. The maximum atomic E-state index is 10.8. The quantitative estimate of drug-likeness (QED) is 0.493. The fraction of sp³-hybridized carbons (Fsp3) is 0.143. The maximum absolute atomic E-state index is 10.8. The van der Waals surface area contributed by atoms with E-state index in [2.05, 4.69) is 43.6 Å². The van der Waals surface area contributed by atoms with Crippen LogP contribution >= 0.6 is 45.7 Å². The van der Waals surface area contributed by atoms with Gasteiger partial charge in [-0.3, -0.25) is 4.79 Å². The number of rotatable bonds is 5. The van der Waals surface area contributed by atoms with Crippen LogP contribution in [0.4, 0.5) is 0 Å².